The zero-order valence-corrected chi connectivity index (χ0v) is 16.8. The minimum Gasteiger partial charge on any atom is -0.507 e. The maximum atomic E-state index is 12.2. The van der Waals surface area contributed by atoms with Crippen LogP contribution in [0.5, 0.6) is 17.2 Å². The van der Waals surface area contributed by atoms with Crippen molar-refractivity contribution in [3.8, 4) is 17.2 Å². The van der Waals surface area contributed by atoms with E-state index < -0.39 is 0 Å². The molecule has 0 fully saturated rings. The van der Waals surface area contributed by atoms with Gasteiger partial charge in [0.25, 0.3) is 0 Å². The highest BCUT2D eigenvalue weighted by molar-refractivity contribution is 6.30. The lowest BCUT2D eigenvalue weighted by Gasteiger charge is -2.13. The lowest BCUT2D eigenvalue weighted by atomic mass is 9.98. The van der Waals surface area contributed by atoms with Gasteiger partial charge in [0.2, 0.25) is 0 Å². The maximum Gasteiger partial charge on any atom is 0.171 e. The van der Waals surface area contributed by atoms with Crippen LogP contribution in [-0.2, 0) is 0 Å². The zero-order chi connectivity index (χ0) is 19.8. The molecule has 1 heterocycles. The first kappa shape index (κ1) is 21.0. The van der Waals surface area contributed by atoms with Gasteiger partial charge in [0.1, 0.15) is 11.5 Å². The molecular formula is C21H26ClNO4. The summed E-state index contributed by atoms with van der Waals surface area (Å²) in [6, 6.07) is 6.93. The van der Waals surface area contributed by atoms with Gasteiger partial charge in [0.05, 0.1) is 18.8 Å². The number of carbonyl (C=O) groups excluding carboxylic acids is 1. The number of ether oxygens (including phenoxy) is 2. The largest absolute Gasteiger partial charge is 0.507 e. The van der Waals surface area contributed by atoms with Crippen LogP contribution in [0, 0.1) is 12.8 Å². The first-order valence-electron chi connectivity index (χ1n) is 9.12. The van der Waals surface area contributed by atoms with Crippen LogP contribution in [0.4, 0.5) is 0 Å². The maximum absolute atomic E-state index is 12.2. The number of ketones is 1. The van der Waals surface area contributed by atoms with Crippen LogP contribution < -0.4 is 9.47 Å². The monoisotopic (exact) mass is 391 g/mol. The molecule has 1 aromatic heterocycles. The van der Waals surface area contributed by atoms with Gasteiger partial charge in [-0.2, -0.15) is 0 Å². The Hall–Kier alpha value is -2.27. The Morgan fingerprint density at radius 3 is 2.44 bits per heavy atom. The summed E-state index contributed by atoms with van der Waals surface area (Å²) in [5, 5.41) is 10.7. The first-order chi connectivity index (χ1) is 12.9. The standard InChI is InChI=1S/C21H26ClNO4/c1-14(2)13-17(24)16-8-9-18(15(3)20(16)25)26-11-4-5-12-27-19-7-6-10-23-21(19)22/h6-10,14,25H,4-5,11-13H2,1-3H3. The molecule has 27 heavy (non-hydrogen) atoms. The van der Waals surface area contributed by atoms with E-state index in [4.69, 9.17) is 21.1 Å². The molecule has 6 heteroatoms. The van der Waals surface area contributed by atoms with Crippen LogP contribution in [0.25, 0.3) is 0 Å². The van der Waals surface area contributed by atoms with Gasteiger partial charge in [-0.25, -0.2) is 4.98 Å². The summed E-state index contributed by atoms with van der Waals surface area (Å²) in [5.74, 6) is 1.36. The van der Waals surface area contributed by atoms with Crippen molar-refractivity contribution in [2.45, 2.75) is 40.0 Å². The van der Waals surface area contributed by atoms with E-state index in [0.717, 1.165) is 12.8 Å². The fourth-order valence-electron chi connectivity index (χ4n) is 2.59. The van der Waals surface area contributed by atoms with Crippen molar-refractivity contribution in [2.75, 3.05) is 13.2 Å². The van der Waals surface area contributed by atoms with Gasteiger partial charge in [-0.05, 0) is 49.9 Å². The number of nitrogens with zero attached hydrogens (tertiary/aromatic N) is 1. The summed E-state index contributed by atoms with van der Waals surface area (Å²) in [6.07, 6.45) is 3.60. The van der Waals surface area contributed by atoms with E-state index in [2.05, 4.69) is 4.98 Å². The van der Waals surface area contributed by atoms with Crippen LogP contribution in [0.1, 0.15) is 49.0 Å². The number of unbranched alkanes of at least 4 members (excludes halogenated alkanes) is 1. The van der Waals surface area contributed by atoms with Crippen molar-refractivity contribution in [1.82, 2.24) is 4.98 Å². The summed E-state index contributed by atoms with van der Waals surface area (Å²) in [7, 11) is 0. The molecule has 0 aliphatic heterocycles. The number of hydrogen-bond acceptors (Lipinski definition) is 5. The molecule has 0 spiro atoms. The molecule has 0 amide bonds. The van der Waals surface area contributed by atoms with Crippen LogP contribution in [0.3, 0.4) is 0 Å². The SMILES string of the molecule is Cc1c(OCCCCOc2cccnc2Cl)ccc(C(=O)CC(C)C)c1O. The second-order valence-electron chi connectivity index (χ2n) is 6.80. The number of carbonyl (C=O) groups is 1. The average Bonchev–Trinajstić information content (AvgIpc) is 2.62. The Morgan fingerprint density at radius 1 is 1.15 bits per heavy atom. The predicted molar refractivity (Wildman–Crippen MR) is 106 cm³/mol. The van der Waals surface area contributed by atoms with Crippen molar-refractivity contribution in [3.63, 3.8) is 0 Å². The highest BCUT2D eigenvalue weighted by Gasteiger charge is 2.17. The molecular weight excluding hydrogens is 366 g/mol. The summed E-state index contributed by atoms with van der Waals surface area (Å²) < 4.78 is 11.3. The van der Waals surface area contributed by atoms with E-state index in [1.807, 2.05) is 13.8 Å². The fraction of sp³-hybridized carbons (Fsp3) is 0.429. The van der Waals surface area contributed by atoms with E-state index in [9.17, 15) is 9.90 Å². The van der Waals surface area contributed by atoms with Crippen molar-refractivity contribution >= 4 is 17.4 Å². The van der Waals surface area contributed by atoms with Gasteiger partial charge in [-0.1, -0.05) is 25.4 Å². The topological polar surface area (TPSA) is 68.7 Å². The third-order valence-corrected chi connectivity index (χ3v) is 4.34. The number of benzene rings is 1. The molecule has 0 aliphatic carbocycles. The van der Waals surface area contributed by atoms with Crippen LogP contribution in [0.15, 0.2) is 30.5 Å². The minimum absolute atomic E-state index is 0.00713. The Labute approximate surface area is 165 Å². The molecule has 0 bridgehead atoms. The van der Waals surface area contributed by atoms with Crippen molar-refractivity contribution < 1.29 is 19.4 Å². The molecule has 2 aromatic rings. The lowest BCUT2D eigenvalue weighted by Crippen LogP contribution is -2.06. The van der Waals surface area contributed by atoms with Gasteiger partial charge in [-0.15, -0.1) is 0 Å². The molecule has 0 atom stereocenters. The summed E-state index contributed by atoms with van der Waals surface area (Å²) in [6.45, 7) is 6.71. The number of aromatic hydroxyl groups is 1. The average molecular weight is 392 g/mol. The normalized spacial score (nSPS) is 10.9. The van der Waals surface area contributed by atoms with Gasteiger partial charge < -0.3 is 14.6 Å². The van der Waals surface area contributed by atoms with E-state index in [1.165, 1.54) is 0 Å². The summed E-state index contributed by atoms with van der Waals surface area (Å²) in [4.78, 5) is 16.1. The van der Waals surface area contributed by atoms with Crippen LogP contribution in [0.2, 0.25) is 5.15 Å². The van der Waals surface area contributed by atoms with E-state index >= 15 is 0 Å². The summed E-state index contributed by atoms with van der Waals surface area (Å²) >= 11 is 5.93. The molecule has 0 radical (unpaired) electrons. The molecule has 0 saturated carbocycles. The third kappa shape index (κ3) is 6.14. The second kappa shape index (κ2) is 10.2. The molecule has 0 saturated heterocycles. The highest BCUT2D eigenvalue weighted by Crippen LogP contribution is 2.32. The summed E-state index contributed by atoms with van der Waals surface area (Å²) in [5.41, 5.74) is 0.943. The number of pyridine rings is 1. The Balaban J connectivity index is 1.80. The zero-order valence-electron chi connectivity index (χ0n) is 16.0. The van der Waals surface area contributed by atoms with Gasteiger partial charge in [0.15, 0.2) is 16.7 Å². The van der Waals surface area contributed by atoms with E-state index in [-0.39, 0.29) is 17.5 Å². The molecule has 2 rings (SSSR count). The number of Topliss-reactive ketones (excluding diaryl/α,β-unsaturated/α-hetero) is 1. The van der Waals surface area contributed by atoms with Gasteiger partial charge in [0, 0.05) is 18.2 Å². The molecule has 1 N–H and O–H groups in total. The van der Waals surface area contributed by atoms with Crippen LogP contribution in [-0.4, -0.2) is 29.1 Å². The molecule has 146 valence electrons. The van der Waals surface area contributed by atoms with Gasteiger partial charge in [-0.3, -0.25) is 4.79 Å². The number of phenols is 1. The fourth-order valence-corrected chi connectivity index (χ4v) is 2.76. The molecule has 1 aromatic carbocycles. The quantitative estimate of drug-likeness (QED) is 0.342. The number of phenolic OH excluding ortho intramolecular Hbond substituents is 1. The third-order valence-electron chi connectivity index (χ3n) is 4.05. The minimum atomic E-state index is -0.0524. The van der Waals surface area contributed by atoms with E-state index in [1.54, 1.807) is 37.4 Å². The smallest absolute Gasteiger partial charge is 0.171 e. The van der Waals surface area contributed by atoms with E-state index in [0.29, 0.717) is 47.4 Å². The van der Waals surface area contributed by atoms with Gasteiger partial charge >= 0.3 is 0 Å². The molecule has 5 nitrogen and oxygen atoms in total. The first-order valence-corrected chi connectivity index (χ1v) is 9.49. The van der Waals surface area contributed by atoms with Crippen LogP contribution >= 0.6 is 11.6 Å². The molecule has 0 unspecified atom stereocenters. The van der Waals surface area contributed by atoms with Crippen molar-refractivity contribution in [3.05, 3.63) is 46.7 Å². The number of hydrogen-bond donors (Lipinski definition) is 1. The second-order valence-corrected chi connectivity index (χ2v) is 7.16. The van der Waals surface area contributed by atoms with Crippen molar-refractivity contribution in [1.29, 1.82) is 0 Å². The Bertz CT molecular complexity index is 777. The lowest BCUT2D eigenvalue weighted by molar-refractivity contribution is 0.0965. The Morgan fingerprint density at radius 2 is 1.81 bits per heavy atom. The molecule has 0 aliphatic rings. The number of halogens is 1. The Kier molecular flexibility index (Phi) is 7.92. The van der Waals surface area contributed by atoms with Crippen molar-refractivity contribution in [2.24, 2.45) is 5.92 Å². The number of rotatable bonds is 10. The predicted octanol–water partition coefficient (Wildman–Crippen LogP) is 5.22. The number of aromatic nitrogens is 1. The highest BCUT2D eigenvalue weighted by atomic mass is 35.5.